The van der Waals surface area contributed by atoms with Gasteiger partial charge in [0, 0.05) is 35.9 Å². The quantitative estimate of drug-likeness (QED) is 0.473. The first kappa shape index (κ1) is 19.4. The van der Waals surface area contributed by atoms with Crippen LogP contribution in [0, 0.1) is 0 Å². The van der Waals surface area contributed by atoms with E-state index in [0.29, 0.717) is 23.5 Å². The molecule has 1 aliphatic rings. The maximum atomic E-state index is 12.8. The largest absolute Gasteiger partial charge is 0.358 e. The number of nitrogens with zero attached hydrogens (tertiary/aromatic N) is 2. The average Bonchev–Trinajstić information content (AvgIpc) is 3.44. The highest BCUT2D eigenvalue weighted by Crippen LogP contribution is 2.35. The second-order valence-corrected chi connectivity index (χ2v) is 8.41. The van der Waals surface area contributed by atoms with Gasteiger partial charge in [0.15, 0.2) is 5.78 Å². The van der Waals surface area contributed by atoms with E-state index in [-0.39, 0.29) is 11.7 Å². The zero-order valence-corrected chi connectivity index (χ0v) is 17.5. The minimum atomic E-state index is -0.238. The normalized spacial score (nSPS) is 13.1. The van der Waals surface area contributed by atoms with Gasteiger partial charge in [-0.25, -0.2) is 4.98 Å². The Morgan fingerprint density at radius 1 is 1.16 bits per heavy atom. The van der Waals surface area contributed by atoms with Gasteiger partial charge < -0.3 is 10.3 Å². The number of H-pyrrole nitrogens is 1. The van der Waals surface area contributed by atoms with Gasteiger partial charge in [-0.3, -0.25) is 14.6 Å². The Labute approximate surface area is 183 Å². The molecule has 5 rings (SSSR count). The third-order valence-electron chi connectivity index (χ3n) is 5.46. The first-order valence-corrected chi connectivity index (χ1v) is 11.0. The molecular weight excluding hydrogens is 408 g/mol. The summed E-state index contributed by atoms with van der Waals surface area (Å²) in [6.07, 6.45) is 6.18. The molecule has 2 N–H and O–H groups in total. The van der Waals surface area contributed by atoms with Crippen molar-refractivity contribution in [2.24, 2.45) is 0 Å². The van der Waals surface area contributed by atoms with E-state index < -0.39 is 0 Å². The number of carbonyl (C=O) groups excluding carboxylic acids is 2. The molecule has 1 aliphatic carbocycles. The van der Waals surface area contributed by atoms with E-state index >= 15 is 0 Å². The monoisotopic (exact) mass is 428 g/mol. The molecule has 0 bridgehead atoms. The molecule has 3 heterocycles. The highest BCUT2D eigenvalue weighted by atomic mass is 32.1. The van der Waals surface area contributed by atoms with Crippen LogP contribution in [0.15, 0.2) is 60.4 Å². The molecule has 0 saturated heterocycles. The number of ketones is 1. The number of anilines is 1. The van der Waals surface area contributed by atoms with Crippen LogP contribution < -0.4 is 5.32 Å². The van der Waals surface area contributed by atoms with Crippen molar-refractivity contribution in [1.29, 1.82) is 0 Å². The lowest BCUT2D eigenvalue weighted by Crippen LogP contribution is -2.11. The summed E-state index contributed by atoms with van der Waals surface area (Å²) < 4.78 is 0. The number of pyridine rings is 1. The first-order chi connectivity index (χ1) is 15.2. The maximum absolute atomic E-state index is 12.8. The van der Waals surface area contributed by atoms with Gasteiger partial charge in [0.25, 0.3) is 5.91 Å². The van der Waals surface area contributed by atoms with Gasteiger partial charge in [-0.15, -0.1) is 11.3 Å². The van der Waals surface area contributed by atoms with Crippen LogP contribution >= 0.6 is 11.3 Å². The van der Waals surface area contributed by atoms with Crippen molar-refractivity contribution < 1.29 is 9.59 Å². The molecule has 0 aliphatic heterocycles. The molecule has 1 aromatic carbocycles. The fraction of sp³-hybridized carbons (Fsp3) is 0.167. The summed E-state index contributed by atoms with van der Waals surface area (Å²) >= 11 is 1.28. The van der Waals surface area contributed by atoms with Gasteiger partial charge in [0.1, 0.15) is 10.7 Å². The molecule has 3 aromatic heterocycles. The van der Waals surface area contributed by atoms with E-state index in [1.807, 2.05) is 30.3 Å². The molecule has 0 saturated carbocycles. The molecule has 154 valence electrons. The Bertz CT molecular complexity index is 1250. The highest BCUT2D eigenvalue weighted by molar-refractivity contribution is 7.11. The fourth-order valence-corrected chi connectivity index (χ4v) is 4.57. The maximum Gasteiger partial charge on any atom is 0.268 e. The summed E-state index contributed by atoms with van der Waals surface area (Å²) in [6, 6.07) is 13.9. The van der Waals surface area contributed by atoms with Crippen LogP contribution in [-0.2, 0) is 12.8 Å². The number of carbonyl (C=O) groups is 2. The Balaban J connectivity index is 1.54. The molecule has 1 amide bonds. The minimum absolute atomic E-state index is 0.197. The highest BCUT2D eigenvalue weighted by Gasteiger charge is 2.26. The Morgan fingerprint density at radius 3 is 2.84 bits per heavy atom. The zero-order chi connectivity index (χ0) is 21.2. The number of aromatic nitrogens is 3. The van der Waals surface area contributed by atoms with Crippen LogP contribution in [0.25, 0.3) is 11.3 Å². The number of nitrogens with one attached hydrogen (secondary N) is 2. The number of thiazole rings is 1. The van der Waals surface area contributed by atoms with Crippen molar-refractivity contribution in [3.05, 3.63) is 87.6 Å². The smallest absolute Gasteiger partial charge is 0.268 e. The molecule has 0 fully saturated rings. The van der Waals surface area contributed by atoms with E-state index in [0.717, 1.165) is 46.5 Å². The Kier molecular flexibility index (Phi) is 5.18. The van der Waals surface area contributed by atoms with Gasteiger partial charge in [-0.2, -0.15) is 0 Å². The molecule has 0 atom stereocenters. The molecule has 0 radical (unpaired) electrons. The van der Waals surface area contributed by atoms with E-state index in [9.17, 15) is 9.59 Å². The molecule has 31 heavy (non-hydrogen) atoms. The number of fused-ring (bicyclic) bond motifs is 1. The lowest BCUT2D eigenvalue weighted by molar-refractivity contribution is 0.0970. The Hall–Kier alpha value is -3.58. The van der Waals surface area contributed by atoms with Crippen molar-refractivity contribution in [2.75, 3.05) is 5.32 Å². The Morgan fingerprint density at radius 2 is 2.03 bits per heavy atom. The summed E-state index contributed by atoms with van der Waals surface area (Å²) in [6.45, 7) is 0. The van der Waals surface area contributed by atoms with E-state index in [1.54, 1.807) is 11.7 Å². The molecule has 0 unspecified atom stereocenters. The number of hydrogen-bond acceptors (Lipinski definition) is 5. The SMILES string of the molecule is O=C(Nc1cc(-c2[nH]c3c(c2Cc2ccccc2)C(=O)CCC3)ccn1)c1cncs1. The van der Waals surface area contributed by atoms with Crippen LogP contribution in [0.4, 0.5) is 5.82 Å². The number of Topliss-reactive ketones (excluding diaryl/α,β-unsaturated/α-hetero) is 1. The molecule has 0 spiro atoms. The fourth-order valence-electron chi connectivity index (χ4n) is 4.05. The van der Waals surface area contributed by atoms with Gasteiger partial charge in [-0.1, -0.05) is 30.3 Å². The number of rotatable bonds is 5. The topological polar surface area (TPSA) is 87.7 Å². The second-order valence-electron chi connectivity index (χ2n) is 7.52. The van der Waals surface area contributed by atoms with Gasteiger partial charge >= 0.3 is 0 Å². The summed E-state index contributed by atoms with van der Waals surface area (Å²) in [5.74, 6) is 0.417. The van der Waals surface area contributed by atoms with Crippen LogP contribution in [-0.4, -0.2) is 26.6 Å². The van der Waals surface area contributed by atoms with E-state index in [1.165, 1.54) is 17.5 Å². The standard InChI is InChI=1S/C24H20N4O2S/c29-19-8-4-7-18-22(19)17(11-15-5-2-1-3-6-15)23(27-18)16-9-10-26-21(12-16)28-24(30)20-13-25-14-31-20/h1-3,5-6,9-10,12-14,27H,4,7-8,11H2,(H,26,28,30). The summed E-state index contributed by atoms with van der Waals surface area (Å²) in [5, 5.41) is 2.83. The predicted octanol–water partition coefficient (Wildman–Crippen LogP) is 4.90. The molecule has 6 nitrogen and oxygen atoms in total. The third kappa shape index (κ3) is 3.92. The van der Waals surface area contributed by atoms with Gasteiger partial charge in [-0.05, 0) is 36.1 Å². The predicted molar refractivity (Wildman–Crippen MR) is 121 cm³/mol. The number of amides is 1. The van der Waals surface area contributed by atoms with Gasteiger partial charge in [0.2, 0.25) is 0 Å². The molecule has 7 heteroatoms. The van der Waals surface area contributed by atoms with Crippen molar-refractivity contribution in [3.8, 4) is 11.3 Å². The lowest BCUT2D eigenvalue weighted by Gasteiger charge is -2.12. The minimum Gasteiger partial charge on any atom is -0.358 e. The average molecular weight is 429 g/mol. The third-order valence-corrected chi connectivity index (χ3v) is 6.23. The van der Waals surface area contributed by atoms with Crippen molar-refractivity contribution in [3.63, 3.8) is 0 Å². The molecular formula is C24H20N4O2S. The van der Waals surface area contributed by atoms with Crippen molar-refractivity contribution >= 4 is 28.8 Å². The number of benzene rings is 1. The van der Waals surface area contributed by atoms with Crippen LogP contribution in [0.5, 0.6) is 0 Å². The van der Waals surface area contributed by atoms with Crippen molar-refractivity contribution in [1.82, 2.24) is 15.0 Å². The summed E-state index contributed by atoms with van der Waals surface area (Å²) in [4.78, 5) is 37.5. The van der Waals surface area contributed by atoms with Crippen LogP contribution in [0.3, 0.4) is 0 Å². The number of hydrogen-bond donors (Lipinski definition) is 2. The lowest BCUT2D eigenvalue weighted by atomic mass is 9.90. The van der Waals surface area contributed by atoms with Crippen molar-refractivity contribution in [2.45, 2.75) is 25.7 Å². The first-order valence-electron chi connectivity index (χ1n) is 10.2. The van der Waals surface area contributed by atoms with Gasteiger partial charge in [0.05, 0.1) is 17.4 Å². The number of aryl methyl sites for hydroxylation is 1. The second kappa shape index (κ2) is 8.28. The summed E-state index contributed by atoms with van der Waals surface area (Å²) in [5.41, 5.74) is 7.42. The van der Waals surface area contributed by atoms with E-state index in [2.05, 4.69) is 32.4 Å². The molecule has 4 aromatic rings. The van der Waals surface area contributed by atoms with Crippen LogP contribution in [0.2, 0.25) is 0 Å². The van der Waals surface area contributed by atoms with Crippen LogP contribution in [0.1, 0.15) is 49.7 Å². The number of aromatic amines is 1. The van der Waals surface area contributed by atoms with E-state index in [4.69, 9.17) is 0 Å². The summed E-state index contributed by atoms with van der Waals surface area (Å²) in [7, 11) is 0. The zero-order valence-electron chi connectivity index (χ0n) is 16.7.